The average molecular weight is 303 g/mol. The number of primary amides is 1. The molecule has 0 bridgehead atoms. The molecule has 108 valence electrons. The summed E-state index contributed by atoms with van der Waals surface area (Å²) in [5.41, 5.74) is 8.97. The third-order valence-electron chi connectivity index (χ3n) is 3.12. The van der Waals surface area contributed by atoms with E-state index in [9.17, 15) is 4.79 Å². The van der Waals surface area contributed by atoms with Crippen LogP contribution in [0.2, 0.25) is 0 Å². The van der Waals surface area contributed by atoms with Gasteiger partial charge in [-0.3, -0.25) is 9.88 Å². The Labute approximate surface area is 128 Å². The first-order valence-corrected chi connectivity index (χ1v) is 6.24. The van der Waals surface area contributed by atoms with Crippen LogP contribution in [0.5, 0.6) is 0 Å². The molecule has 1 aromatic carbocycles. The van der Waals surface area contributed by atoms with Crippen LogP contribution in [-0.4, -0.2) is 16.0 Å². The van der Waals surface area contributed by atoms with Gasteiger partial charge in [-0.05, 0) is 43.3 Å². The summed E-state index contributed by atoms with van der Waals surface area (Å²) >= 11 is 0. The van der Waals surface area contributed by atoms with Gasteiger partial charge in [0.2, 0.25) is 0 Å². The van der Waals surface area contributed by atoms with Crippen LogP contribution in [0.4, 0.5) is 16.2 Å². The van der Waals surface area contributed by atoms with Crippen molar-refractivity contribution in [3.63, 3.8) is 0 Å². The van der Waals surface area contributed by atoms with Crippen molar-refractivity contribution in [3.05, 3.63) is 54.5 Å². The summed E-state index contributed by atoms with van der Waals surface area (Å²) in [5, 5.41) is 1.04. The summed E-state index contributed by atoms with van der Waals surface area (Å²) in [5.74, 6) is 0. The van der Waals surface area contributed by atoms with Gasteiger partial charge >= 0.3 is 6.03 Å². The lowest BCUT2D eigenvalue weighted by molar-refractivity contribution is 0.256. The molecule has 0 radical (unpaired) electrons. The number of aryl methyl sites for hydroxylation is 1. The summed E-state index contributed by atoms with van der Waals surface area (Å²) < 4.78 is 0. The maximum Gasteiger partial charge on any atom is 0.323 e. The topological polar surface area (TPSA) is 75.0 Å². The van der Waals surface area contributed by atoms with Crippen molar-refractivity contribution in [2.45, 2.75) is 6.92 Å². The van der Waals surface area contributed by atoms with E-state index in [1.165, 1.54) is 4.90 Å². The smallest absolute Gasteiger partial charge is 0.323 e. The number of nitrogens with zero attached hydrogens (tertiary/aromatic N) is 2. The molecule has 3 rings (SSSR count). The summed E-state index contributed by atoms with van der Waals surface area (Å²) in [4.78, 5) is 20.5. The Balaban J connectivity index is 0.00000161. The van der Waals surface area contributed by atoms with Crippen molar-refractivity contribution in [1.29, 1.82) is 0 Å². The number of nitrogens with one attached hydrogen (secondary N) is 1. The molecule has 2 amide bonds. The molecular weight excluding hydrogens is 288 g/mol. The van der Waals surface area contributed by atoms with Gasteiger partial charge in [0, 0.05) is 22.8 Å². The van der Waals surface area contributed by atoms with Crippen molar-refractivity contribution < 1.29 is 4.79 Å². The zero-order chi connectivity index (χ0) is 14.1. The number of fused-ring (bicyclic) bond motifs is 1. The van der Waals surface area contributed by atoms with Crippen LogP contribution in [0.1, 0.15) is 5.69 Å². The van der Waals surface area contributed by atoms with Crippen LogP contribution in [-0.2, 0) is 0 Å². The first kappa shape index (κ1) is 14.9. The van der Waals surface area contributed by atoms with Crippen LogP contribution < -0.4 is 10.6 Å². The number of rotatable bonds is 2. The number of pyridine rings is 1. The normalized spacial score (nSPS) is 10.1. The van der Waals surface area contributed by atoms with Gasteiger partial charge < -0.3 is 10.7 Å². The van der Waals surface area contributed by atoms with Crippen LogP contribution in [0.25, 0.3) is 10.9 Å². The van der Waals surface area contributed by atoms with Gasteiger partial charge in [-0.15, -0.1) is 12.4 Å². The van der Waals surface area contributed by atoms with Crippen molar-refractivity contribution in [3.8, 4) is 0 Å². The number of carbonyl (C=O) groups is 1. The highest BCUT2D eigenvalue weighted by Gasteiger charge is 2.15. The number of urea groups is 1. The molecule has 0 saturated heterocycles. The van der Waals surface area contributed by atoms with Crippen LogP contribution in [0.3, 0.4) is 0 Å². The predicted octanol–water partition coefficient (Wildman–Crippen LogP) is 3.51. The minimum atomic E-state index is -0.537. The fourth-order valence-corrected chi connectivity index (χ4v) is 2.29. The number of H-pyrrole nitrogens is 1. The van der Waals surface area contributed by atoms with E-state index in [4.69, 9.17) is 5.73 Å². The molecule has 0 saturated carbocycles. The second kappa shape index (κ2) is 5.85. The standard InChI is InChI=1S/C15H14N4O.ClH/c1-10-7-11-8-12(4-5-14(11)18-10)19(15(16)20)13-3-2-6-17-9-13;/h2-9,18H,1H3,(H2,16,20);1H. The highest BCUT2D eigenvalue weighted by molar-refractivity contribution is 6.00. The number of carbonyl (C=O) groups excluding carboxylic acids is 1. The highest BCUT2D eigenvalue weighted by atomic mass is 35.5. The van der Waals surface area contributed by atoms with E-state index >= 15 is 0 Å². The molecule has 5 nitrogen and oxygen atoms in total. The van der Waals surface area contributed by atoms with E-state index in [0.29, 0.717) is 5.69 Å². The number of nitrogens with two attached hydrogens (primary N) is 1. The fourth-order valence-electron chi connectivity index (χ4n) is 2.29. The van der Waals surface area contributed by atoms with Gasteiger partial charge in [0.25, 0.3) is 0 Å². The van der Waals surface area contributed by atoms with Crippen molar-refractivity contribution in [1.82, 2.24) is 9.97 Å². The third-order valence-corrected chi connectivity index (χ3v) is 3.12. The van der Waals surface area contributed by atoms with E-state index in [1.807, 2.05) is 31.2 Å². The van der Waals surface area contributed by atoms with E-state index in [1.54, 1.807) is 24.5 Å². The number of amides is 2. The molecule has 21 heavy (non-hydrogen) atoms. The van der Waals surface area contributed by atoms with Crippen molar-refractivity contribution in [2.24, 2.45) is 5.73 Å². The number of anilines is 2. The van der Waals surface area contributed by atoms with E-state index in [0.717, 1.165) is 22.3 Å². The first-order valence-electron chi connectivity index (χ1n) is 6.24. The second-order valence-corrected chi connectivity index (χ2v) is 4.61. The lowest BCUT2D eigenvalue weighted by atomic mass is 10.2. The Bertz CT molecular complexity index is 770. The number of halogens is 1. The van der Waals surface area contributed by atoms with Gasteiger partial charge in [-0.25, -0.2) is 4.79 Å². The Morgan fingerprint density at radius 1 is 1.24 bits per heavy atom. The maximum absolute atomic E-state index is 11.8. The third kappa shape index (κ3) is 2.83. The molecule has 2 aromatic heterocycles. The van der Waals surface area contributed by atoms with Crippen LogP contribution in [0, 0.1) is 6.92 Å². The second-order valence-electron chi connectivity index (χ2n) is 4.61. The van der Waals surface area contributed by atoms with Crippen molar-refractivity contribution in [2.75, 3.05) is 4.90 Å². The monoisotopic (exact) mass is 302 g/mol. The molecule has 0 aliphatic carbocycles. The van der Waals surface area contributed by atoms with Crippen molar-refractivity contribution >= 4 is 40.7 Å². The predicted molar refractivity (Wildman–Crippen MR) is 86.2 cm³/mol. The van der Waals surface area contributed by atoms with E-state index in [2.05, 4.69) is 9.97 Å². The Hall–Kier alpha value is -2.53. The van der Waals surface area contributed by atoms with Gasteiger partial charge in [0.15, 0.2) is 0 Å². The number of aromatic amines is 1. The molecule has 0 atom stereocenters. The number of hydrogen-bond donors (Lipinski definition) is 2. The molecule has 3 aromatic rings. The quantitative estimate of drug-likeness (QED) is 0.760. The first-order chi connectivity index (χ1) is 9.65. The van der Waals surface area contributed by atoms with E-state index < -0.39 is 6.03 Å². The number of hydrogen-bond acceptors (Lipinski definition) is 2. The van der Waals surface area contributed by atoms with Gasteiger partial charge in [0.05, 0.1) is 17.6 Å². The van der Waals surface area contributed by atoms with Gasteiger partial charge in [0.1, 0.15) is 0 Å². The summed E-state index contributed by atoms with van der Waals surface area (Å²) in [6.45, 7) is 1.99. The fraction of sp³-hybridized carbons (Fsp3) is 0.0667. The molecule has 6 heteroatoms. The molecule has 0 aliphatic heterocycles. The Morgan fingerprint density at radius 3 is 2.71 bits per heavy atom. The minimum absolute atomic E-state index is 0. The average Bonchev–Trinajstić information content (AvgIpc) is 2.79. The molecule has 0 aliphatic rings. The highest BCUT2D eigenvalue weighted by Crippen LogP contribution is 2.28. The largest absolute Gasteiger partial charge is 0.359 e. The number of benzene rings is 1. The lowest BCUT2D eigenvalue weighted by Crippen LogP contribution is -2.31. The summed E-state index contributed by atoms with van der Waals surface area (Å²) in [6.07, 6.45) is 3.26. The van der Waals surface area contributed by atoms with Crippen LogP contribution >= 0.6 is 12.4 Å². The Kier molecular flexibility index (Phi) is 4.14. The molecule has 2 heterocycles. The van der Waals surface area contributed by atoms with Gasteiger partial charge in [-0.1, -0.05) is 0 Å². The van der Waals surface area contributed by atoms with E-state index in [-0.39, 0.29) is 12.4 Å². The molecule has 3 N–H and O–H groups in total. The van der Waals surface area contributed by atoms with Gasteiger partial charge in [-0.2, -0.15) is 0 Å². The Morgan fingerprint density at radius 2 is 2.05 bits per heavy atom. The SMILES string of the molecule is Cc1cc2cc(N(C(N)=O)c3cccnc3)ccc2[nH]1.Cl. The zero-order valence-electron chi connectivity index (χ0n) is 11.4. The molecule has 0 spiro atoms. The lowest BCUT2D eigenvalue weighted by Gasteiger charge is -2.20. The molecule has 0 unspecified atom stereocenters. The molecule has 0 fully saturated rings. The summed E-state index contributed by atoms with van der Waals surface area (Å²) in [7, 11) is 0. The van der Waals surface area contributed by atoms with Crippen LogP contribution in [0.15, 0.2) is 48.8 Å². The maximum atomic E-state index is 11.8. The number of aromatic nitrogens is 2. The summed E-state index contributed by atoms with van der Waals surface area (Å²) in [6, 6.07) is 10.8. The molecular formula is C15H15ClN4O. The zero-order valence-corrected chi connectivity index (χ0v) is 12.2. The minimum Gasteiger partial charge on any atom is -0.359 e.